The zero-order valence-corrected chi connectivity index (χ0v) is 16.8. The fourth-order valence-electron chi connectivity index (χ4n) is 2.49. The molecule has 27 heavy (non-hydrogen) atoms. The highest BCUT2D eigenvalue weighted by Gasteiger charge is 2.14. The number of amides is 2. The number of hydrogen-bond acceptors (Lipinski definition) is 4. The lowest BCUT2D eigenvalue weighted by atomic mass is 10.1. The number of primary amides is 1. The molecular weight excluding hydrogens is 426 g/mol. The standard InChI is InChI=1S/C20H16BrN3O2S/c1-12-10-14(7-8-15(12)19(22)25)24-20(26)16-4-2-3-5-17(16)27-18-9-6-13(21)11-23-18/h2-11H,1H3,(H2,22,25)(H,24,26). The van der Waals surface area contributed by atoms with Crippen LogP contribution in [0.5, 0.6) is 0 Å². The summed E-state index contributed by atoms with van der Waals surface area (Å²) >= 11 is 4.78. The van der Waals surface area contributed by atoms with Gasteiger partial charge in [-0.15, -0.1) is 0 Å². The third kappa shape index (κ3) is 4.75. The van der Waals surface area contributed by atoms with Crippen LogP contribution >= 0.6 is 27.7 Å². The minimum Gasteiger partial charge on any atom is -0.366 e. The van der Waals surface area contributed by atoms with Crippen LogP contribution in [-0.4, -0.2) is 16.8 Å². The van der Waals surface area contributed by atoms with Crippen molar-refractivity contribution in [3.8, 4) is 0 Å². The molecule has 0 spiro atoms. The maximum absolute atomic E-state index is 12.8. The van der Waals surface area contributed by atoms with E-state index in [0.29, 0.717) is 22.4 Å². The summed E-state index contributed by atoms with van der Waals surface area (Å²) < 4.78 is 0.896. The number of aryl methyl sites for hydroxylation is 1. The van der Waals surface area contributed by atoms with Gasteiger partial charge in [-0.25, -0.2) is 4.98 Å². The summed E-state index contributed by atoms with van der Waals surface area (Å²) in [5.41, 5.74) is 7.61. The summed E-state index contributed by atoms with van der Waals surface area (Å²) in [5.74, 6) is -0.726. The highest BCUT2D eigenvalue weighted by molar-refractivity contribution is 9.10. The molecule has 0 atom stereocenters. The number of pyridine rings is 1. The Balaban J connectivity index is 1.82. The third-order valence-electron chi connectivity index (χ3n) is 3.80. The highest BCUT2D eigenvalue weighted by Crippen LogP contribution is 2.30. The van der Waals surface area contributed by atoms with Gasteiger partial charge in [0.2, 0.25) is 5.91 Å². The summed E-state index contributed by atoms with van der Waals surface area (Å²) in [6.45, 7) is 1.78. The predicted octanol–water partition coefficient (Wildman–Crippen LogP) is 4.65. The number of nitrogens with two attached hydrogens (primary N) is 1. The van der Waals surface area contributed by atoms with Gasteiger partial charge in [0.1, 0.15) is 5.03 Å². The molecule has 2 amide bonds. The first kappa shape index (κ1) is 19.1. The lowest BCUT2D eigenvalue weighted by Gasteiger charge is -2.11. The van der Waals surface area contributed by atoms with Crippen LogP contribution in [0.25, 0.3) is 0 Å². The summed E-state index contributed by atoms with van der Waals surface area (Å²) in [6, 6.07) is 16.1. The molecule has 0 unspecified atom stereocenters. The maximum Gasteiger partial charge on any atom is 0.256 e. The molecule has 0 radical (unpaired) electrons. The van der Waals surface area contributed by atoms with Gasteiger partial charge < -0.3 is 11.1 Å². The highest BCUT2D eigenvalue weighted by atomic mass is 79.9. The number of carbonyl (C=O) groups is 2. The van der Waals surface area contributed by atoms with Crippen molar-refractivity contribution in [2.45, 2.75) is 16.8 Å². The van der Waals surface area contributed by atoms with E-state index in [-0.39, 0.29) is 5.91 Å². The molecular formula is C20H16BrN3O2S. The molecule has 0 aliphatic carbocycles. The molecule has 3 aromatic rings. The lowest BCUT2D eigenvalue weighted by Crippen LogP contribution is -2.15. The largest absolute Gasteiger partial charge is 0.366 e. The van der Waals surface area contributed by atoms with Gasteiger partial charge in [-0.1, -0.05) is 23.9 Å². The summed E-state index contributed by atoms with van der Waals surface area (Å²) in [7, 11) is 0. The van der Waals surface area contributed by atoms with Crippen LogP contribution in [0.3, 0.4) is 0 Å². The van der Waals surface area contributed by atoms with E-state index in [1.807, 2.05) is 30.3 Å². The van der Waals surface area contributed by atoms with Crippen LogP contribution in [0, 0.1) is 6.92 Å². The first-order valence-electron chi connectivity index (χ1n) is 8.04. The molecule has 0 bridgehead atoms. The van der Waals surface area contributed by atoms with Gasteiger partial charge in [0, 0.05) is 26.8 Å². The van der Waals surface area contributed by atoms with Crippen molar-refractivity contribution in [2.24, 2.45) is 5.73 Å². The van der Waals surface area contributed by atoms with Gasteiger partial charge in [-0.05, 0) is 70.9 Å². The van der Waals surface area contributed by atoms with E-state index in [9.17, 15) is 9.59 Å². The molecule has 2 aromatic carbocycles. The number of rotatable bonds is 5. The topological polar surface area (TPSA) is 85.1 Å². The number of nitrogens with one attached hydrogen (secondary N) is 1. The van der Waals surface area contributed by atoms with E-state index in [1.165, 1.54) is 11.8 Å². The van der Waals surface area contributed by atoms with E-state index >= 15 is 0 Å². The molecule has 0 saturated carbocycles. The van der Waals surface area contributed by atoms with Gasteiger partial charge in [-0.3, -0.25) is 9.59 Å². The molecule has 0 aliphatic heterocycles. The minimum absolute atomic E-state index is 0.235. The molecule has 3 N–H and O–H groups in total. The van der Waals surface area contributed by atoms with Crippen molar-refractivity contribution in [3.63, 3.8) is 0 Å². The van der Waals surface area contributed by atoms with Crippen molar-refractivity contribution in [2.75, 3.05) is 5.32 Å². The van der Waals surface area contributed by atoms with E-state index in [4.69, 9.17) is 5.73 Å². The van der Waals surface area contributed by atoms with Gasteiger partial charge in [-0.2, -0.15) is 0 Å². The average molecular weight is 442 g/mol. The van der Waals surface area contributed by atoms with Crippen LogP contribution in [-0.2, 0) is 0 Å². The quantitative estimate of drug-likeness (QED) is 0.602. The van der Waals surface area contributed by atoms with E-state index in [0.717, 1.165) is 14.4 Å². The molecule has 3 rings (SSSR count). The van der Waals surface area contributed by atoms with Crippen LogP contribution in [0.1, 0.15) is 26.3 Å². The molecule has 0 fully saturated rings. The van der Waals surface area contributed by atoms with Crippen molar-refractivity contribution in [1.82, 2.24) is 4.98 Å². The van der Waals surface area contributed by atoms with Crippen molar-refractivity contribution < 1.29 is 9.59 Å². The fourth-order valence-corrected chi connectivity index (χ4v) is 3.61. The molecule has 0 saturated heterocycles. The molecule has 1 heterocycles. The lowest BCUT2D eigenvalue weighted by molar-refractivity contribution is 0.0997. The third-order valence-corrected chi connectivity index (χ3v) is 5.29. The van der Waals surface area contributed by atoms with Crippen molar-refractivity contribution >= 4 is 45.2 Å². The van der Waals surface area contributed by atoms with E-state index < -0.39 is 5.91 Å². The number of halogens is 1. The van der Waals surface area contributed by atoms with E-state index in [2.05, 4.69) is 26.2 Å². The molecule has 0 aliphatic rings. The Morgan fingerprint density at radius 2 is 1.85 bits per heavy atom. The number of aromatic nitrogens is 1. The Kier molecular flexibility index (Phi) is 5.93. The molecule has 5 nitrogen and oxygen atoms in total. The second-order valence-electron chi connectivity index (χ2n) is 5.76. The number of nitrogens with zero attached hydrogens (tertiary/aromatic N) is 1. The zero-order chi connectivity index (χ0) is 19.4. The SMILES string of the molecule is Cc1cc(NC(=O)c2ccccc2Sc2ccc(Br)cn2)ccc1C(N)=O. The molecule has 1 aromatic heterocycles. The Morgan fingerprint density at radius 3 is 2.52 bits per heavy atom. The van der Waals surface area contributed by atoms with E-state index in [1.54, 1.807) is 37.4 Å². The molecule has 7 heteroatoms. The Morgan fingerprint density at radius 1 is 1.07 bits per heavy atom. The monoisotopic (exact) mass is 441 g/mol. The van der Waals surface area contributed by atoms with Gasteiger partial charge in [0.15, 0.2) is 0 Å². The average Bonchev–Trinajstić information content (AvgIpc) is 2.64. The fraction of sp³-hybridized carbons (Fsp3) is 0.0500. The summed E-state index contributed by atoms with van der Waals surface area (Å²) in [4.78, 5) is 29.2. The number of carbonyl (C=O) groups excluding carboxylic acids is 2. The second kappa shape index (κ2) is 8.37. The normalized spacial score (nSPS) is 10.4. The summed E-state index contributed by atoms with van der Waals surface area (Å²) in [5, 5.41) is 3.66. The van der Waals surface area contributed by atoms with Crippen LogP contribution < -0.4 is 11.1 Å². The van der Waals surface area contributed by atoms with Gasteiger partial charge in [0.25, 0.3) is 5.91 Å². The number of benzene rings is 2. The smallest absolute Gasteiger partial charge is 0.256 e. The van der Waals surface area contributed by atoms with Gasteiger partial charge >= 0.3 is 0 Å². The minimum atomic E-state index is -0.492. The van der Waals surface area contributed by atoms with Crippen LogP contribution in [0.15, 0.2) is 75.2 Å². The van der Waals surface area contributed by atoms with Gasteiger partial charge in [0.05, 0.1) is 5.56 Å². The number of anilines is 1. The first-order valence-corrected chi connectivity index (χ1v) is 9.65. The Bertz CT molecular complexity index is 1010. The van der Waals surface area contributed by atoms with Crippen LogP contribution in [0.4, 0.5) is 5.69 Å². The maximum atomic E-state index is 12.8. The second-order valence-corrected chi connectivity index (χ2v) is 7.74. The van der Waals surface area contributed by atoms with Crippen molar-refractivity contribution in [3.05, 3.63) is 82.0 Å². The predicted molar refractivity (Wildman–Crippen MR) is 110 cm³/mol. The number of hydrogen-bond donors (Lipinski definition) is 2. The van der Waals surface area contributed by atoms with Crippen molar-refractivity contribution in [1.29, 1.82) is 0 Å². The van der Waals surface area contributed by atoms with Crippen LogP contribution in [0.2, 0.25) is 0 Å². The first-order chi connectivity index (χ1) is 12.9. The Labute approximate surface area is 169 Å². The summed E-state index contributed by atoms with van der Waals surface area (Å²) in [6.07, 6.45) is 1.72. The Hall–Kier alpha value is -2.64. The zero-order valence-electron chi connectivity index (χ0n) is 14.4. The molecule has 136 valence electrons.